The Kier molecular flexibility index (Phi) is 10.7. The van der Waals surface area contributed by atoms with Gasteiger partial charge >= 0.3 is 0 Å². The van der Waals surface area contributed by atoms with Crippen molar-refractivity contribution in [2.24, 2.45) is 4.99 Å². The Morgan fingerprint density at radius 2 is 1.67 bits per heavy atom. The molecule has 42 heavy (non-hydrogen) atoms. The Morgan fingerprint density at radius 3 is 2.33 bits per heavy atom. The van der Waals surface area contributed by atoms with Gasteiger partial charge < -0.3 is 24.6 Å². The van der Waals surface area contributed by atoms with Crippen LogP contribution in [0.5, 0.6) is 5.75 Å². The lowest BCUT2D eigenvalue weighted by Crippen LogP contribution is -2.51. The fraction of sp³-hybridized carbons (Fsp3) is 0.375. The first-order valence-corrected chi connectivity index (χ1v) is 15.7. The number of benzene rings is 3. The van der Waals surface area contributed by atoms with Crippen molar-refractivity contribution in [3.05, 3.63) is 98.4 Å². The first-order chi connectivity index (χ1) is 20.5. The summed E-state index contributed by atoms with van der Waals surface area (Å²) in [6, 6.07) is 23.3. The molecule has 8 nitrogen and oxygen atoms in total. The predicted octanol–water partition coefficient (Wildman–Crippen LogP) is 4.92. The van der Waals surface area contributed by atoms with Crippen LogP contribution in [0.1, 0.15) is 29.2 Å². The van der Waals surface area contributed by atoms with Gasteiger partial charge in [0.15, 0.2) is 11.6 Å². The fourth-order valence-electron chi connectivity index (χ4n) is 5.14. The smallest absolute Gasteiger partial charge is 0.252 e. The number of nitrogens with one attached hydrogen (secondary N) is 1. The molecule has 1 amide bonds. The van der Waals surface area contributed by atoms with Gasteiger partial charge in [-0.1, -0.05) is 56.1 Å². The third kappa shape index (κ3) is 7.60. The van der Waals surface area contributed by atoms with Crippen LogP contribution < -0.4 is 10.1 Å². The van der Waals surface area contributed by atoms with Crippen LogP contribution in [0.4, 0.5) is 0 Å². The number of halogens is 2. The molecule has 1 fully saturated rings. The second-order valence-electron chi connectivity index (χ2n) is 10.4. The highest BCUT2D eigenvalue weighted by atomic mass is 79.9. The van der Waals surface area contributed by atoms with Crippen LogP contribution in [-0.4, -0.2) is 80.0 Å². The molecule has 0 radical (unpaired) electrons. The van der Waals surface area contributed by atoms with Gasteiger partial charge in [0.25, 0.3) is 5.91 Å². The van der Waals surface area contributed by atoms with E-state index in [-0.39, 0.29) is 12.5 Å². The lowest BCUT2D eigenvalue weighted by atomic mass is 9.82. The van der Waals surface area contributed by atoms with Gasteiger partial charge in [-0.15, -0.1) is 0 Å². The molecule has 0 aromatic heterocycles. The number of aliphatic hydroxyl groups excluding tert-OH is 1. The molecule has 2 aliphatic rings. The SMILES string of the molecule is O=C(NCCN1CCOCC1)[C@]1(Cc2ccc(Br)cc2)N=C(c2ccc(OCCCO)cc2)O[C@@H]1c1ccc(Br)cc1. The van der Waals surface area contributed by atoms with Crippen molar-refractivity contribution >= 4 is 43.7 Å². The van der Waals surface area contributed by atoms with E-state index in [1.807, 2.05) is 72.8 Å². The van der Waals surface area contributed by atoms with Crippen molar-refractivity contribution < 1.29 is 24.1 Å². The molecule has 0 aliphatic carbocycles. The molecule has 0 saturated carbocycles. The summed E-state index contributed by atoms with van der Waals surface area (Å²) in [7, 11) is 0. The summed E-state index contributed by atoms with van der Waals surface area (Å²) in [5, 5.41) is 12.2. The number of amides is 1. The summed E-state index contributed by atoms with van der Waals surface area (Å²) in [6.45, 7) is 4.87. The summed E-state index contributed by atoms with van der Waals surface area (Å²) < 4.78 is 19.7. The van der Waals surface area contributed by atoms with Gasteiger partial charge in [0.05, 0.1) is 19.8 Å². The molecule has 2 N–H and O–H groups in total. The highest BCUT2D eigenvalue weighted by Crippen LogP contribution is 2.43. The minimum atomic E-state index is -1.24. The second kappa shape index (κ2) is 14.6. The Labute approximate surface area is 263 Å². The van der Waals surface area contributed by atoms with Crippen LogP contribution in [-0.2, 0) is 20.7 Å². The van der Waals surface area contributed by atoms with Gasteiger partial charge in [-0.05, 0) is 59.7 Å². The van der Waals surface area contributed by atoms with Crippen LogP contribution in [0.2, 0.25) is 0 Å². The van der Waals surface area contributed by atoms with Crippen LogP contribution in [0.3, 0.4) is 0 Å². The third-order valence-electron chi connectivity index (χ3n) is 7.41. The zero-order valence-corrected chi connectivity index (χ0v) is 26.5. The normalized spacial score (nSPS) is 20.5. The molecule has 2 atom stereocenters. The highest BCUT2D eigenvalue weighted by Gasteiger charge is 2.53. The number of aliphatic hydroxyl groups is 1. The summed E-state index contributed by atoms with van der Waals surface area (Å²) in [5.74, 6) is 0.924. The first kappa shape index (κ1) is 30.7. The summed E-state index contributed by atoms with van der Waals surface area (Å²) in [4.78, 5) is 21.7. The van der Waals surface area contributed by atoms with E-state index < -0.39 is 11.6 Å². The van der Waals surface area contributed by atoms with E-state index in [1.54, 1.807) is 0 Å². The van der Waals surface area contributed by atoms with Crippen LogP contribution in [0, 0.1) is 0 Å². The molecule has 0 bridgehead atoms. The van der Waals surface area contributed by atoms with E-state index in [1.165, 1.54) is 0 Å². The lowest BCUT2D eigenvalue weighted by Gasteiger charge is -2.32. The van der Waals surface area contributed by atoms with E-state index in [2.05, 4.69) is 42.1 Å². The summed E-state index contributed by atoms with van der Waals surface area (Å²) >= 11 is 7.05. The minimum Gasteiger partial charge on any atom is -0.494 e. The van der Waals surface area contributed by atoms with Gasteiger partial charge in [-0.2, -0.15) is 0 Å². The number of aliphatic imine (C=N–C) groups is 1. The molecule has 2 aliphatic heterocycles. The zero-order chi connectivity index (χ0) is 29.4. The zero-order valence-electron chi connectivity index (χ0n) is 23.3. The Balaban J connectivity index is 1.48. The lowest BCUT2D eigenvalue weighted by molar-refractivity contribution is -0.129. The number of hydrogen-bond donors (Lipinski definition) is 2. The van der Waals surface area contributed by atoms with Gasteiger partial charge in [0, 0.05) is 60.1 Å². The summed E-state index contributed by atoms with van der Waals surface area (Å²) in [6.07, 6.45) is 0.273. The van der Waals surface area contributed by atoms with E-state index in [4.69, 9.17) is 24.3 Å². The van der Waals surface area contributed by atoms with Crippen LogP contribution in [0.15, 0.2) is 86.7 Å². The first-order valence-electron chi connectivity index (χ1n) is 14.2. The van der Waals surface area contributed by atoms with Gasteiger partial charge in [0.1, 0.15) is 5.75 Å². The molecule has 3 aromatic rings. The fourth-order valence-corrected chi connectivity index (χ4v) is 5.67. The molecule has 3 aromatic carbocycles. The average molecular weight is 701 g/mol. The Bertz CT molecular complexity index is 1350. The number of hydrogen-bond acceptors (Lipinski definition) is 7. The number of carbonyl (C=O) groups excluding carboxylic acids is 1. The maximum Gasteiger partial charge on any atom is 0.252 e. The highest BCUT2D eigenvalue weighted by molar-refractivity contribution is 9.10. The topological polar surface area (TPSA) is 92.6 Å². The molecule has 5 rings (SSSR count). The number of carbonyl (C=O) groups is 1. The second-order valence-corrected chi connectivity index (χ2v) is 12.2. The van der Waals surface area contributed by atoms with Gasteiger partial charge in [-0.3, -0.25) is 9.69 Å². The van der Waals surface area contributed by atoms with E-state index in [0.29, 0.717) is 50.9 Å². The van der Waals surface area contributed by atoms with Gasteiger partial charge in [0.2, 0.25) is 5.90 Å². The maximum atomic E-state index is 14.3. The molecule has 10 heteroatoms. The minimum absolute atomic E-state index is 0.0785. The molecular formula is C32H35Br2N3O5. The quantitative estimate of drug-likeness (QED) is 0.261. The standard InChI is InChI=1S/C32H35Br2N3O5/c33-26-8-2-23(3-9-26)22-32(31(39)35-14-15-37-16-20-40-21-17-37)29(24-4-10-27(34)11-5-24)42-30(36-32)25-6-12-28(13-7-25)41-19-1-18-38/h2-13,29,38H,1,14-22H2,(H,35,39)/t29-,32-/m1/s1. The van der Waals surface area contributed by atoms with Crippen LogP contribution >= 0.6 is 31.9 Å². The predicted molar refractivity (Wildman–Crippen MR) is 169 cm³/mol. The molecule has 0 spiro atoms. The molecule has 0 unspecified atom stereocenters. The molecular weight excluding hydrogens is 666 g/mol. The maximum absolute atomic E-state index is 14.3. The Morgan fingerprint density at radius 1 is 1.00 bits per heavy atom. The molecule has 1 saturated heterocycles. The van der Waals surface area contributed by atoms with E-state index >= 15 is 0 Å². The largest absolute Gasteiger partial charge is 0.494 e. The van der Waals surface area contributed by atoms with Crippen LogP contribution in [0.25, 0.3) is 0 Å². The van der Waals surface area contributed by atoms with Crippen molar-refractivity contribution in [3.63, 3.8) is 0 Å². The number of nitrogens with zero attached hydrogens (tertiary/aromatic N) is 2. The number of rotatable bonds is 12. The summed E-state index contributed by atoms with van der Waals surface area (Å²) in [5.41, 5.74) is 1.36. The van der Waals surface area contributed by atoms with Crippen molar-refractivity contribution in [1.82, 2.24) is 10.2 Å². The monoisotopic (exact) mass is 699 g/mol. The number of ether oxygens (including phenoxy) is 3. The van der Waals surface area contributed by atoms with Gasteiger partial charge in [-0.25, -0.2) is 4.99 Å². The average Bonchev–Trinajstić information content (AvgIpc) is 3.40. The van der Waals surface area contributed by atoms with E-state index in [0.717, 1.165) is 45.3 Å². The molecule has 222 valence electrons. The number of morpholine rings is 1. The van der Waals surface area contributed by atoms with Crippen molar-refractivity contribution in [2.45, 2.75) is 24.5 Å². The van der Waals surface area contributed by atoms with Crippen molar-refractivity contribution in [2.75, 3.05) is 52.6 Å². The Hall–Kier alpha value is -2.76. The van der Waals surface area contributed by atoms with E-state index in [9.17, 15) is 4.79 Å². The van der Waals surface area contributed by atoms with Crippen molar-refractivity contribution in [3.8, 4) is 5.75 Å². The van der Waals surface area contributed by atoms with Crippen molar-refractivity contribution in [1.29, 1.82) is 0 Å². The third-order valence-corrected chi connectivity index (χ3v) is 8.46. The molecule has 2 heterocycles.